The second-order valence-electron chi connectivity index (χ2n) is 4.97. The molecule has 0 spiro atoms. The van der Waals surface area contributed by atoms with Crippen molar-refractivity contribution in [1.82, 2.24) is 10.6 Å². The fourth-order valence-electron chi connectivity index (χ4n) is 1.90. The van der Waals surface area contributed by atoms with E-state index >= 15 is 0 Å². The number of aliphatic hydroxyl groups is 1. The van der Waals surface area contributed by atoms with E-state index in [1.54, 1.807) is 0 Å². The highest BCUT2D eigenvalue weighted by Gasteiger charge is 2.34. The van der Waals surface area contributed by atoms with E-state index in [0.717, 1.165) is 18.6 Å². The van der Waals surface area contributed by atoms with Crippen LogP contribution in [0.1, 0.15) is 24.9 Å². The van der Waals surface area contributed by atoms with Gasteiger partial charge in [0.2, 0.25) is 0 Å². The SMILES string of the molecule is CC1CC1NC(=O)NC(CO)c1cc(F)c(F)c(F)c1. The Bertz CT molecular complexity index is 501. The van der Waals surface area contributed by atoms with E-state index in [1.165, 1.54) is 0 Å². The lowest BCUT2D eigenvalue weighted by atomic mass is 10.1. The molecule has 2 amide bonds. The molecule has 0 aromatic heterocycles. The predicted octanol–water partition coefficient (Wildman–Crippen LogP) is 1.84. The Kier molecular flexibility index (Phi) is 4.17. The Labute approximate surface area is 114 Å². The molecule has 110 valence electrons. The number of amides is 2. The number of halogens is 3. The Morgan fingerprint density at radius 2 is 1.95 bits per heavy atom. The van der Waals surface area contributed by atoms with Gasteiger partial charge in [0.25, 0.3) is 0 Å². The molecule has 3 unspecified atom stereocenters. The largest absolute Gasteiger partial charge is 0.394 e. The number of hydrogen-bond donors (Lipinski definition) is 3. The van der Waals surface area contributed by atoms with E-state index in [4.69, 9.17) is 0 Å². The fourth-order valence-corrected chi connectivity index (χ4v) is 1.90. The number of urea groups is 1. The highest BCUT2D eigenvalue weighted by molar-refractivity contribution is 5.75. The smallest absolute Gasteiger partial charge is 0.315 e. The van der Waals surface area contributed by atoms with Gasteiger partial charge in [-0.15, -0.1) is 0 Å². The molecule has 4 nitrogen and oxygen atoms in total. The van der Waals surface area contributed by atoms with Crippen LogP contribution in [-0.4, -0.2) is 23.8 Å². The van der Waals surface area contributed by atoms with Gasteiger partial charge in [0.05, 0.1) is 12.6 Å². The first-order valence-corrected chi connectivity index (χ1v) is 6.24. The Balaban J connectivity index is 2.05. The zero-order chi connectivity index (χ0) is 14.9. The number of benzene rings is 1. The molecule has 1 fully saturated rings. The molecule has 2 rings (SSSR count). The highest BCUT2D eigenvalue weighted by atomic mass is 19.2. The van der Waals surface area contributed by atoms with Crippen LogP contribution in [0, 0.1) is 23.4 Å². The topological polar surface area (TPSA) is 61.4 Å². The molecule has 3 N–H and O–H groups in total. The monoisotopic (exact) mass is 288 g/mol. The number of aliphatic hydroxyl groups excluding tert-OH is 1. The van der Waals surface area contributed by atoms with Crippen molar-refractivity contribution < 1.29 is 23.1 Å². The summed E-state index contributed by atoms with van der Waals surface area (Å²) >= 11 is 0. The predicted molar refractivity (Wildman–Crippen MR) is 65.4 cm³/mol. The van der Waals surface area contributed by atoms with Gasteiger partial charge in [-0.25, -0.2) is 18.0 Å². The van der Waals surface area contributed by atoms with E-state index < -0.39 is 36.1 Å². The summed E-state index contributed by atoms with van der Waals surface area (Å²) in [5, 5.41) is 14.2. The number of carbonyl (C=O) groups is 1. The standard InChI is InChI=1S/C13H15F3N2O2/c1-6-2-10(6)17-13(20)18-11(5-19)7-3-8(14)12(16)9(15)4-7/h3-4,6,10-11,19H,2,5H2,1H3,(H2,17,18,20). The zero-order valence-electron chi connectivity index (χ0n) is 10.8. The summed E-state index contributed by atoms with van der Waals surface area (Å²) in [6, 6.07) is 0.0341. The zero-order valence-corrected chi connectivity index (χ0v) is 10.8. The van der Waals surface area contributed by atoms with Crippen molar-refractivity contribution in [2.45, 2.75) is 25.4 Å². The van der Waals surface area contributed by atoms with Gasteiger partial charge >= 0.3 is 6.03 Å². The minimum atomic E-state index is -1.58. The Morgan fingerprint density at radius 1 is 1.40 bits per heavy atom. The molecule has 0 saturated heterocycles. The summed E-state index contributed by atoms with van der Waals surface area (Å²) in [6.45, 7) is 1.41. The van der Waals surface area contributed by atoms with Crippen LogP contribution in [0.5, 0.6) is 0 Å². The number of rotatable bonds is 4. The van der Waals surface area contributed by atoms with E-state index in [-0.39, 0.29) is 11.6 Å². The lowest BCUT2D eigenvalue weighted by Crippen LogP contribution is -2.40. The molecule has 20 heavy (non-hydrogen) atoms. The van der Waals surface area contributed by atoms with E-state index in [1.807, 2.05) is 6.92 Å². The van der Waals surface area contributed by atoms with Crippen LogP contribution >= 0.6 is 0 Å². The van der Waals surface area contributed by atoms with Crippen molar-refractivity contribution in [3.63, 3.8) is 0 Å². The van der Waals surface area contributed by atoms with Gasteiger partial charge in [0, 0.05) is 6.04 Å². The first-order chi connectivity index (χ1) is 9.42. The maximum absolute atomic E-state index is 13.1. The van der Waals surface area contributed by atoms with Crippen molar-refractivity contribution in [3.8, 4) is 0 Å². The van der Waals surface area contributed by atoms with Crippen molar-refractivity contribution >= 4 is 6.03 Å². The first kappa shape index (κ1) is 14.6. The van der Waals surface area contributed by atoms with Crippen LogP contribution in [0.25, 0.3) is 0 Å². The maximum atomic E-state index is 13.1. The molecule has 1 aliphatic carbocycles. The van der Waals surface area contributed by atoms with Crippen LogP contribution in [-0.2, 0) is 0 Å². The third kappa shape index (κ3) is 3.22. The van der Waals surface area contributed by atoms with Crippen molar-refractivity contribution in [1.29, 1.82) is 0 Å². The quantitative estimate of drug-likeness (QED) is 0.740. The van der Waals surface area contributed by atoms with Gasteiger partial charge in [0.1, 0.15) is 0 Å². The van der Waals surface area contributed by atoms with Crippen LogP contribution in [0.4, 0.5) is 18.0 Å². The maximum Gasteiger partial charge on any atom is 0.315 e. The summed E-state index contributed by atoms with van der Waals surface area (Å²) in [5.74, 6) is -3.91. The second kappa shape index (κ2) is 5.70. The molecule has 0 radical (unpaired) electrons. The number of hydrogen-bond acceptors (Lipinski definition) is 2. The molecule has 1 aliphatic rings. The summed E-state index contributed by atoms with van der Waals surface area (Å²) in [4.78, 5) is 11.6. The highest BCUT2D eigenvalue weighted by Crippen LogP contribution is 2.29. The van der Waals surface area contributed by atoms with Gasteiger partial charge < -0.3 is 15.7 Å². The average Bonchev–Trinajstić information content (AvgIpc) is 3.07. The van der Waals surface area contributed by atoms with Gasteiger partial charge in [-0.05, 0) is 30.0 Å². The lowest BCUT2D eigenvalue weighted by molar-refractivity contribution is 0.216. The second-order valence-corrected chi connectivity index (χ2v) is 4.97. The fraction of sp³-hybridized carbons (Fsp3) is 0.462. The Morgan fingerprint density at radius 3 is 2.40 bits per heavy atom. The lowest BCUT2D eigenvalue weighted by Gasteiger charge is -2.17. The molecule has 3 atom stereocenters. The molecule has 7 heteroatoms. The molecule has 0 bridgehead atoms. The molecular formula is C13H15F3N2O2. The Hall–Kier alpha value is -1.76. The van der Waals surface area contributed by atoms with Crippen molar-refractivity contribution in [3.05, 3.63) is 35.1 Å². The minimum absolute atomic E-state index is 0.0390. The molecule has 0 heterocycles. The van der Waals surface area contributed by atoms with Crippen LogP contribution in [0.3, 0.4) is 0 Å². The number of carbonyl (C=O) groups excluding carboxylic acids is 1. The van der Waals surface area contributed by atoms with Gasteiger partial charge in [-0.3, -0.25) is 0 Å². The van der Waals surface area contributed by atoms with Crippen LogP contribution < -0.4 is 10.6 Å². The first-order valence-electron chi connectivity index (χ1n) is 6.24. The third-order valence-electron chi connectivity index (χ3n) is 3.32. The van der Waals surface area contributed by atoms with Crippen molar-refractivity contribution in [2.24, 2.45) is 5.92 Å². The van der Waals surface area contributed by atoms with Crippen molar-refractivity contribution in [2.75, 3.05) is 6.61 Å². The minimum Gasteiger partial charge on any atom is -0.394 e. The molecule has 0 aliphatic heterocycles. The summed E-state index contributed by atoms with van der Waals surface area (Å²) in [7, 11) is 0. The normalized spacial score (nSPS) is 22.2. The van der Waals surface area contributed by atoms with E-state index in [2.05, 4.69) is 10.6 Å². The van der Waals surface area contributed by atoms with Gasteiger partial charge in [-0.2, -0.15) is 0 Å². The van der Waals surface area contributed by atoms with E-state index in [9.17, 15) is 23.1 Å². The molecule has 1 aromatic rings. The summed E-state index contributed by atoms with van der Waals surface area (Å²) < 4.78 is 39.1. The third-order valence-corrected chi connectivity index (χ3v) is 3.32. The summed E-state index contributed by atoms with van der Waals surface area (Å²) in [6.07, 6.45) is 0.872. The van der Waals surface area contributed by atoms with Gasteiger partial charge in [-0.1, -0.05) is 6.92 Å². The molecule has 1 saturated carbocycles. The molecule has 1 aromatic carbocycles. The van der Waals surface area contributed by atoms with Gasteiger partial charge in [0.15, 0.2) is 17.5 Å². The van der Waals surface area contributed by atoms with Crippen LogP contribution in [0.15, 0.2) is 12.1 Å². The molecular weight excluding hydrogens is 273 g/mol. The van der Waals surface area contributed by atoms with Crippen LogP contribution in [0.2, 0.25) is 0 Å². The number of nitrogens with one attached hydrogen (secondary N) is 2. The van der Waals surface area contributed by atoms with E-state index in [0.29, 0.717) is 5.92 Å². The summed E-state index contributed by atoms with van der Waals surface area (Å²) in [5.41, 5.74) is -0.0390. The average molecular weight is 288 g/mol.